The van der Waals surface area contributed by atoms with Gasteiger partial charge in [-0.1, -0.05) is 66.2 Å². The Bertz CT molecular complexity index is 700. The van der Waals surface area contributed by atoms with Crippen LogP contribution in [0.4, 0.5) is 0 Å². The van der Waals surface area contributed by atoms with Crippen LogP contribution in [0.1, 0.15) is 24.5 Å². The average molecular weight is 344 g/mol. The molecule has 0 aliphatic heterocycles. The predicted octanol–water partition coefficient (Wildman–Crippen LogP) is 4.25. The van der Waals surface area contributed by atoms with Crippen molar-refractivity contribution < 1.29 is 9.53 Å². The van der Waals surface area contributed by atoms with Crippen LogP contribution in [0.3, 0.4) is 0 Å². The molecule has 1 atom stereocenters. The fourth-order valence-electron chi connectivity index (χ4n) is 2.48. The van der Waals surface area contributed by atoms with E-state index in [1.54, 1.807) is 6.92 Å². The normalized spacial score (nSPS) is 13.6. The molecule has 0 saturated carbocycles. The van der Waals surface area contributed by atoms with E-state index in [2.05, 4.69) is 0 Å². The summed E-state index contributed by atoms with van der Waals surface area (Å²) in [7, 11) is 0. The highest BCUT2D eigenvalue weighted by Gasteiger charge is 2.34. The fraction of sp³-hybridized carbons (Fsp3) is 0.250. The summed E-state index contributed by atoms with van der Waals surface area (Å²) < 4.78 is 5.18. The summed E-state index contributed by atoms with van der Waals surface area (Å²) in [5, 5.41) is 0.672. The Labute approximate surface area is 148 Å². The summed E-state index contributed by atoms with van der Waals surface area (Å²) in [6, 6.07) is 17.2. The smallest absolute Gasteiger partial charge is 0.326 e. The molecular formula is C20H22ClNO2. The number of esters is 1. The van der Waals surface area contributed by atoms with Crippen molar-refractivity contribution in [2.24, 2.45) is 5.73 Å². The minimum atomic E-state index is -1.09. The highest BCUT2D eigenvalue weighted by atomic mass is 35.5. The van der Waals surface area contributed by atoms with Crippen LogP contribution >= 0.6 is 11.6 Å². The summed E-state index contributed by atoms with van der Waals surface area (Å²) in [6.45, 7) is 2.09. The monoisotopic (exact) mass is 343 g/mol. The summed E-state index contributed by atoms with van der Waals surface area (Å²) in [6.07, 6.45) is 4.61. The molecule has 3 nitrogen and oxygen atoms in total. The summed E-state index contributed by atoms with van der Waals surface area (Å²) >= 11 is 5.98. The zero-order valence-electron chi connectivity index (χ0n) is 13.7. The lowest BCUT2D eigenvalue weighted by atomic mass is 9.88. The van der Waals surface area contributed by atoms with Crippen molar-refractivity contribution in [3.8, 4) is 0 Å². The van der Waals surface area contributed by atoms with Crippen molar-refractivity contribution in [3.05, 3.63) is 76.8 Å². The number of hydrogen-bond donors (Lipinski definition) is 1. The second-order valence-corrected chi connectivity index (χ2v) is 6.14. The van der Waals surface area contributed by atoms with E-state index in [4.69, 9.17) is 22.1 Å². The molecule has 24 heavy (non-hydrogen) atoms. The van der Waals surface area contributed by atoms with Gasteiger partial charge in [0.15, 0.2) is 0 Å². The van der Waals surface area contributed by atoms with Crippen molar-refractivity contribution in [1.82, 2.24) is 0 Å². The van der Waals surface area contributed by atoms with Crippen molar-refractivity contribution in [2.75, 3.05) is 6.61 Å². The van der Waals surface area contributed by atoms with E-state index in [1.165, 1.54) is 0 Å². The molecular weight excluding hydrogens is 322 g/mol. The number of ether oxygens (including phenoxy) is 1. The first-order valence-electron chi connectivity index (χ1n) is 7.95. The lowest BCUT2D eigenvalue weighted by Gasteiger charge is -2.26. The number of carbonyl (C=O) groups excluding carboxylic acids is 1. The van der Waals surface area contributed by atoms with Gasteiger partial charge in [-0.15, -0.1) is 0 Å². The van der Waals surface area contributed by atoms with Gasteiger partial charge in [-0.3, -0.25) is 4.79 Å². The third-order valence-corrected chi connectivity index (χ3v) is 3.92. The molecule has 0 aliphatic rings. The Morgan fingerprint density at radius 2 is 1.96 bits per heavy atom. The first kappa shape index (κ1) is 18.2. The van der Waals surface area contributed by atoms with E-state index in [0.29, 0.717) is 24.5 Å². The summed E-state index contributed by atoms with van der Waals surface area (Å²) in [4.78, 5) is 12.4. The molecule has 0 saturated heterocycles. The van der Waals surface area contributed by atoms with Gasteiger partial charge in [0.05, 0.1) is 6.61 Å². The van der Waals surface area contributed by atoms with Gasteiger partial charge in [0, 0.05) is 11.4 Å². The van der Waals surface area contributed by atoms with Crippen LogP contribution < -0.4 is 5.73 Å². The fourth-order valence-corrected chi connectivity index (χ4v) is 2.68. The largest absolute Gasteiger partial charge is 0.465 e. The molecule has 2 aromatic carbocycles. The Kier molecular flexibility index (Phi) is 6.59. The first-order valence-corrected chi connectivity index (χ1v) is 8.33. The second-order valence-electron chi connectivity index (χ2n) is 5.70. The van der Waals surface area contributed by atoms with E-state index in [-0.39, 0.29) is 5.97 Å². The van der Waals surface area contributed by atoms with Gasteiger partial charge in [-0.25, -0.2) is 0 Å². The second kappa shape index (κ2) is 8.67. The molecule has 0 heterocycles. The maximum absolute atomic E-state index is 12.4. The molecule has 0 bridgehead atoms. The lowest BCUT2D eigenvalue weighted by Crippen LogP contribution is -2.50. The number of hydrogen-bond acceptors (Lipinski definition) is 3. The zero-order valence-corrected chi connectivity index (χ0v) is 14.5. The van der Waals surface area contributed by atoms with E-state index in [0.717, 1.165) is 11.1 Å². The van der Waals surface area contributed by atoms with Crippen LogP contribution in [-0.2, 0) is 16.0 Å². The topological polar surface area (TPSA) is 52.3 Å². The summed E-state index contributed by atoms with van der Waals surface area (Å²) in [5.74, 6) is -0.385. The third kappa shape index (κ3) is 5.22. The van der Waals surface area contributed by atoms with Gasteiger partial charge in [0.1, 0.15) is 5.54 Å². The number of rotatable bonds is 7. The minimum Gasteiger partial charge on any atom is -0.465 e. The van der Waals surface area contributed by atoms with Crippen LogP contribution in [-0.4, -0.2) is 18.1 Å². The molecule has 0 aromatic heterocycles. The molecule has 0 spiro atoms. The van der Waals surface area contributed by atoms with E-state index < -0.39 is 5.54 Å². The molecule has 0 aliphatic carbocycles. The number of carbonyl (C=O) groups is 1. The van der Waals surface area contributed by atoms with Crippen molar-refractivity contribution in [2.45, 2.75) is 25.3 Å². The van der Waals surface area contributed by atoms with Crippen LogP contribution in [0.5, 0.6) is 0 Å². The molecule has 0 amide bonds. The average Bonchev–Trinajstić information content (AvgIpc) is 2.56. The van der Waals surface area contributed by atoms with Crippen LogP contribution in [0, 0.1) is 0 Å². The molecule has 0 radical (unpaired) electrons. The number of halogens is 1. The highest BCUT2D eigenvalue weighted by Crippen LogP contribution is 2.19. The van der Waals surface area contributed by atoms with Gasteiger partial charge in [0.25, 0.3) is 0 Å². The Morgan fingerprint density at radius 3 is 2.62 bits per heavy atom. The minimum absolute atomic E-state index is 0.310. The highest BCUT2D eigenvalue weighted by molar-refractivity contribution is 6.30. The maximum Gasteiger partial charge on any atom is 0.326 e. The summed E-state index contributed by atoms with van der Waals surface area (Å²) in [5.41, 5.74) is 7.28. The molecule has 4 heteroatoms. The number of benzene rings is 2. The first-order chi connectivity index (χ1) is 11.5. The van der Waals surface area contributed by atoms with E-state index in [1.807, 2.05) is 66.7 Å². The quantitative estimate of drug-likeness (QED) is 0.765. The van der Waals surface area contributed by atoms with Crippen molar-refractivity contribution in [3.63, 3.8) is 0 Å². The van der Waals surface area contributed by atoms with Crippen molar-refractivity contribution >= 4 is 23.6 Å². The molecule has 2 rings (SSSR count). The predicted molar refractivity (Wildman–Crippen MR) is 98.8 cm³/mol. The van der Waals surface area contributed by atoms with Gasteiger partial charge in [-0.05, 0) is 36.6 Å². The Balaban J connectivity index is 2.15. The van der Waals surface area contributed by atoms with Gasteiger partial charge < -0.3 is 10.5 Å². The molecule has 126 valence electrons. The standard InChI is InChI=1S/C20H22ClNO2/c1-2-24-19(23)20(22,15-17-8-4-3-5-9-17)13-7-11-16-10-6-12-18(21)14-16/h3-12,14H,2,13,15,22H2,1H3/b11-7+/t20-/m0/s1. The van der Waals surface area contributed by atoms with Crippen LogP contribution in [0.2, 0.25) is 5.02 Å². The number of nitrogens with two attached hydrogens (primary N) is 1. The maximum atomic E-state index is 12.4. The molecule has 2 N–H and O–H groups in total. The Morgan fingerprint density at radius 1 is 1.21 bits per heavy atom. The molecule has 0 fully saturated rings. The molecule has 2 aromatic rings. The molecule has 0 unspecified atom stereocenters. The SMILES string of the molecule is CCOC(=O)[C@](N)(C/C=C/c1cccc(Cl)c1)Cc1ccccc1. The van der Waals surface area contributed by atoms with Crippen LogP contribution in [0.15, 0.2) is 60.7 Å². The van der Waals surface area contributed by atoms with Gasteiger partial charge >= 0.3 is 5.97 Å². The van der Waals surface area contributed by atoms with E-state index >= 15 is 0 Å². The Hall–Kier alpha value is -2.10. The van der Waals surface area contributed by atoms with Gasteiger partial charge in [-0.2, -0.15) is 0 Å². The van der Waals surface area contributed by atoms with Crippen LogP contribution in [0.25, 0.3) is 6.08 Å². The zero-order chi connectivity index (χ0) is 17.4. The van der Waals surface area contributed by atoms with E-state index in [9.17, 15) is 4.79 Å². The third-order valence-electron chi connectivity index (χ3n) is 3.69. The van der Waals surface area contributed by atoms with Gasteiger partial charge in [0.2, 0.25) is 0 Å². The van der Waals surface area contributed by atoms with Crippen molar-refractivity contribution in [1.29, 1.82) is 0 Å². The lowest BCUT2D eigenvalue weighted by molar-refractivity contribution is -0.149.